The number of fused-ring (bicyclic) bond motifs is 1. The van der Waals surface area contributed by atoms with E-state index in [1.165, 1.54) is 12.1 Å². The zero-order valence-corrected chi connectivity index (χ0v) is 16.9. The van der Waals surface area contributed by atoms with Crippen LogP contribution in [0.2, 0.25) is 0 Å². The maximum absolute atomic E-state index is 13.4. The summed E-state index contributed by atoms with van der Waals surface area (Å²) in [4.78, 5) is 12.3. The Hall–Kier alpha value is -2.86. The van der Waals surface area contributed by atoms with Crippen molar-refractivity contribution in [1.82, 2.24) is 5.16 Å². The van der Waals surface area contributed by atoms with Crippen molar-refractivity contribution < 1.29 is 30.9 Å². The molecule has 0 spiro atoms. The Bertz CT molecular complexity index is 1220. The van der Waals surface area contributed by atoms with Gasteiger partial charge in [-0.3, -0.25) is 9.10 Å². The van der Waals surface area contributed by atoms with Crippen LogP contribution >= 0.6 is 11.3 Å². The summed E-state index contributed by atoms with van der Waals surface area (Å²) in [5.74, 6) is -1.59. The molecule has 2 aromatic heterocycles. The highest BCUT2D eigenvalue weighted by Crippen LogP contribution is 2.40. The molecule has 0 saturated carbocycles. The third-order valence-corrected chi connectivity index (χ3v) is 7.94. The molecule has 1 aliphatic heterocycles. The van der Waals surface area contributed by atoms with Gasteiger partial charge in [-0.25, -0.2) is 8.42 Å². The van der Waals surface area contributed by atoms with Gasteiger partial charge in [0.2, 0.25) is 11.7 Å². The largest absolute Gasteiger partial charge is 0.452 e. The normalized spacial score (nSPS) is 17.4. The van der Waals surface area contributed by atoms with E-state index in [9.17, 15) is 26.4 Å². The van der Waals surface area contributed by atoms with Gasteiger partial charge in [-0.05, 0) is 31.2 Å². The molecule has 4 rings (SSSR count). The number of aromatic nitrogens is 1. The lowest BCUT2D eigenvalue weighted by atomic mass is 10.2. The quantitative estimate of drug-likeness (QED) is 0.631. The Morgan fingerprint density at radius 1 is 1.23 bits per heavy atom. The monoisotopic (exact) mass is 457 g/mol. The van der Waals surface area contributed by atoms with E-state index in [0.717, 1.165) is 15.6 Å². The Kier molecular flexibility index (Phi) is 4.85. The number of carbonyl (C=O) groups excluding carboxylic acids is 1. The van der Waals surface area contributed by atoms with Gasteiger partial charge < -0.3 is 9.84 Å². The first kappa shape index (κ1) is 20.4. The zero-order chi connectivity index (χ0) is 21.7. The van der Waals surface area contributed by atoms with Crippen LogP contribution in [0.4, 0.5) is 24.5 Å². The molecule has 30 heavy (non-hydrogen) atoms. The third kappa shape index (κ3) is 3.56. The van der Waals surface area contributed by atoms with Gasteiger partial charge in [-0.15, -0.1) is 11.3 Å². The van der Waals surface area contributed by atoms with Gasteiger partial charge in [0.1, 0.15) is 9.90 Å². The first-order valence-corrected chi connectivity index (χ1v) is 10.9. The molecule has 0 aliphatic carbocycles. The number of thiophene rings is 1. The second kappa shape index (κ2) is 7.13. The van der Waals surface area contributed by atoms with Crippen LogP contribution in [0.25, 0.3) is 10.6 Å². The van der Waals surface area contributed by atoms with Gasteiger partial charge in [0.05, 0.1) is 22.3 Å². The number of anilines is 2. The van der Waals surface area contributed by atoms with Crippen LogP contribution in [-0.4, -0.2) is 25.5 Å². The van der Waals surface area contributed by atoms with Crippen LogP contribution in [0.3, 0.4) is 0 Å². The molecule has 1 N–H and O–H groups in total. The summed E-state index contributed by atoms with van der Waals surface area (Å²) in [6.07, 6.45) is -4.74. The Balaban J connectivity index is 1.74. The Morgan fingerprint density at radius 2 is 1.97 bits per heavy atom. The van der Waals surface area contributed by atoms with E-state index in [2.05, 4.69) is 15.0 Å². The minimum Gasteiger partial charge on any atom is -0.351 e. The predicted octanol–water partition coefficient (Wildman–Crippen LogP) is 4.35. The van der Waals surface area contributed by atoms with Gasteiger partial charge >= 0.3 is 6.18 Å². The number of amides is 1. The fourth-order valence-corrected chi connectivity index (χ4v) is 6.17. The molecule has 1 aromatic carbocycles. The van der Waals surface area contributed by atoms with Crippen LogP contribution in [0, 0.1) is 0 Å². The summed E-state index contributed by atoms with van der Waals surface area (Å²) >= 11 is 0.770. The van der Waals surface area contributed by atoms with Crippen molar-refractivity contribution in [3.8, 4) is 10.6 Å². The fourth-order valence-electron chi connectivity index (χ4n) is 3.15. The number of hydrogen-bond acceptors (Lipinski definition) is 6. The Labute approximate surface area is 173 Å². The number of rotatable bonds is 3. The van der Waals surface area contributed by atoms with Crippen LogP contribution in [0.1, 0.15) is 19.1 Å². The summed E-state index contributed by atoms with van der Waals surface area (Å²) in [6, 6.07) is 9.21. The number of sulfonamides is 1. The van der Waals surface area contributed by atoms with Crippen LogP contribution < -0.4 is 9.62 Å². The number of halogens is 3. The van der Waals surface area contributed by atoms with Crippen LogP contribution in [-0.2, 0) is 21.0 Å². The number of carbonyl (C=O) groups is 1. The standard InChI is InChI=1S/C18H14F3N3O4S2/c1-10-8-16(25)22-11-4-2-3-5-13(11)24(10)30(26,27)17-7-6-14(29-17)12-9-15(28-23-12)18(19,20)21/h2-7,9-10H,8H2,1H3,(H,22,25)/t10-/m0/s1. The predicted molar refractivity (Wildman–Crippen MR) is 104 cm³/mol. The van der Waals surface area contributed by atoms with Crippen molar-refractivity contribution in [3.63, 3.8) is 0 Å². The van der Waals surface area contributed by atoms with Gasteiger partial charge in [0.25, 0.3) is 10.0 Å². The SMILES string of the molecule is C[C@H]1CC(=O)Nc2ccccc2N1S(=O)(=O)c1ccc(-c2cc(C(F)(F)F)on2)s1. The van der Waals surface area contributed by atoms with Crippen molar-refractivity contribution in [3.05, 3.63) is 48.2 Å². The Morgan fingerprint density at radius 3 is 2.67 bits per heavy atom. The van der Waals surface area contributed by atoms with Crippen molar-refractivity contribution in [2.24, 2.45) is 0 Å². The van der Waals surface area contributed by atoms with Crippen molar-refractivity contribution >= 4 is 38.6 Å². The van der Waals surface area contributed by atoms with Gasteiger partial charge in [0, 0.05) is 12.5 Å². The first-order chi connectivity index (χ1) is 14.1. The number of nitrogens with zero attached hydrogens (tertiary/aromatic N) is 2. The lowest BCUT2D eigenvalue weighted by Crippen LogP contribution is -2.38. The third-order valence-electron chi connectivity index (χ3n) is 4.43. The molecule has 158 valence electrons. The summed E-state index contributed by atoms with van der Waals surface area (Å²) in [7, 11) is -4.10. The van der Waals surface area contributed by atoms with Gasteiger partial charge in [-0.1, -0.05) is 17.3 Å². The molecule has 1 atom stereocenters. The van der Waals surface area contributed by atoms with E-state index < -0.39 is 28.0 Å². The number of hydrogen-bond donors (Lipinski definition) is 1. The molecule has 0 radical (unpaired) electrons. The van der Waals surface area contributed by atoms with E-state index >= 15 is 0 Å². The summed E-state index contributed by atoms with van der Waals surface area (Å²) < 4.78 is 70.4. The molecule has 7 nitrogen and oxygen atoms in total. The van der Waals surface area contributed by atoms with E-state index in [4.69, 9.17) is 0 Å². The highest BCUT2D eigenvalue weighted by molar-refractivity contribution is 7.94. The molecule has 0 bridgehead atoms. The van der Waals surface area contributed by atoms with Crippen LogP contribution in [0.15, 0.2) is 51.2 Å². The molecule has 3 aromatic rings. The topological polar surface area (TPSA) is 92.5 Å². The molecule has 0 saturated heterocycles. The molecular weight excluding hydrogens is 443 g/mol. The number of alkyl halides is 3. The number of para-hydroxylation sites is 2. The second-order valence-corrected chi connectivity index (χ2v) is 9.74. The summed E-state index contributed by atoms with van der Waals surface area (Å²) in [6.45, 7) is 1.61. The lowest BCUT2D eigenvalue weighted by molar-refractivity contribution is -0.155. The van der Waals surface area contributed by atoms with Crippen molar-refractivity contribution in [1.29, 1.82) is 0 Å². The van der Waals surface area contributed by atoms with E-state index in [1.807, 2.05) is 0 Å². The minimum atomic E-state index is -4.69. The maximum atomic E-state index is 13.4. The molecular formula is C18H14F3N3O4S2. The minimum absolute atomic E-state index is 0.0512. The average Bonchev–Trinajstić information content (AvgIpc) is 3.29. The first-order valence-electron chi connectivity index (χ1n) is 8.65. The number of nitrogens with one attached hydrogen (secondary N) is 1. The van der Waals surface area contributed by atoms with Crippen molar-refractivity contribution in [2.45, 2.75) is 29.8 Å². The summed E-state index contributed by atoms with van der Waals surface area (Å²) in [5.41, 5.74) is 0.556. The summed E-state index contributed by atoms with van der Waals surface area (Å²) in [5, 5.41) is 6.07. The molecule has 12 heteroatoms. The smallest absolute Gasteiger partial charge is 0.351 e. The average molecular weight is 457 g/mol. The van der Waals surface area contributed by atoms with E-state index in [0.29, 0.717) is 17.4 Å². The zero-order valence-electron chi connectivity index (χ0n) is 15.3. The van der Waals surface area contributed by atoms with Gasteiger partial charge in [-0.2, -0.15) is 13.2 Å². The van der Waals surface area contributed by atoms with Crippen molar-refractivity contribution in [2.75, 3.05) is 9.62 Å². The molecule has 1 amide bonds. The maximum Gasteiger partial charge on any atom is 0.452 e. The van der Waals surface area contributed by atoms with Crippen LogP contribution in [0.5, 0.6) is 0 Å². The molecule has 3 heterocycles. The van der Waals surface area contributed by atoms with E-state index in [-0.39, 0.29) is 27.1 Å². The highest BCUT2D eigenvalue weighted by Gasteiger charge is 2.38. The fraction of sp³-hybridized carbons (Fsp3) is 0.222. The molecule has 0 fully saturated rings. The highest BCUT2D eigenvalue weighted by atomic mass is 32.2. The number of benzene rings is 1. The van der Waals surface area contributed by atoms with E-state index in [1.54, 1.807) is 31.2 Å². The lowest BCUT2D eigenvalue weighted by Gasteiger charge is -2.28. The van der Waals surface area contributed by atoms with Gasteiger partial charge in [0.15, 0.2) is 0 Å². The molecule has 1 aliphatic rings. The second-order valence-electron chi connectivity index (χ2n) is 6.61. The molecule has 0 unspecified atom stereocenters.